The van der Waals surface area contributed by atoms with Crippen LogP contribution in [0.1, 0.15) is 46.0 Å². The van der Waals surface area contributed by atoms with Gasteiger partial charge in [0, 0.05) is 25.6 Å². The van der Waals surface area contributed by atoms with Gasteiger partial charge in [-0.3, -0.25) is 9.59 Å². The Labute approximate surface area is 103 Å². The van der Waals surface area contributed by atoms with Crippen LogP contribution in [0.15, 0.2) is 0 Å². The van der Waals surface area contributed by atoms with Crippen LogP contribution >= 0.6 is 0 Å². The molecule has 1 unspecified atom stereocenters. The molecule has 0 N–H and O–H groups in total. The number of ether oxygens (including phenoxy) is 1. The molecule has 0 spiro atoms. The number of hydrogen-bond acceptors (Lipinski definition) is 3. The van der Waals surface area contributed by atoms with E-state index in [4.69, 9.17) is 4.74 Å². The lowest BCUT2D eigenvalue weighted by atomic mass is 9.98. The number of rotatable bonds is 6. The topological polar surface area (TPSA) is 46.6 Å². The Morgan fingerprint density at radius 1 is 1.35 bits per heavy atom. The van der Waals surface area contributed by atoms with E-state index in [9.17, 15) is 9.59 Å². The van der Waals surface area contributed by atoms with E-state index in [1.165, 1.54) is 0 Å². The van der Waals surface area contributed by atoms with Crippen LogP contribution in [0, 0.1) is 0 Å². The molecule has 1 aliphatic rings. The van der Waals surface area contributed by atoms with Crippen LogP contribution in [0.4, 0.5) is 0 Å². The first-order valence-corrected chi connectivity index (χ1v) is 6.51. The van der Waals surface area contributed by atoms with Gasteiger partial charge < -0.3 is 9.64 Å². The molecule has 0 aromatic rings. The van der Waals surface area contributed by atoms with E-state index < -0.39 is 0 Å². The van der Waals surface area contributed by atoms with Crippen LogP contribution in [0.5, 0.6) is 0 Å². The molecule has 1 rings (SSSR count). The van der Waals surface area contributed by atoms with Crippen molar-refractivity contribution in [2.75, 3.05) is 19.8 Å². The largest absolute Gasteiger partial charge is 0.372 e. The minimum absolute atomic E-state index is 0.0319. The summed E-state index contributed by atoms with van der Waals surface area (Å²) < 4.78 is 5.27. The summed E-state index contributed by atoms with van der Waals surface area (Å²) in [5.41, 5.74) is 0. The van der Waals surface area contributed by atoms with Crippen molar-refractivity contribution in [2.24, 2.45) is 0 Å². The van der Waals surface area contributed by atoms with E-state index in [1.807, 2.05) is 11.8 Å². The first-order valence-electron chi connectivity index (χ1n) is 6.51. The third kappa shape index (κ3) is 4.86. The molecule has 98 valence electrons. The van der Waals surface area contributed by atoms with Gasteiger partial charge in [0.15, 0.2) is 0 Å². The highest BCUT2D eigenvalue weighted by molar-refractivity contribution is 5.80. The number of carbonyl (C=O) groups excluding carboxylic acids is 2. The Kier molecular flexibility index (Phi) is 6.19. The Morgan fingerprint density at radius 2 is 2.12 bits per heavy atom. The fourth-order valence-electron chi connectivity index (χ4n) is 2.26. The molecular formula is C13H23NO3. The quantitative estimate of drug-likeness (QED) is 0.666. The molecule has 1 aliphatic heterocycles. The van der Waals surface area contributed by atoms with E-state index in [2.05, 4.69) is 0 Å². The van der Waals surface area contributed by atoms with Gasteiger partial charge in [-0.15, -0.1) is 0 Å². The van der Waals surface area contributed by atoms with E-state index in [1.54, 1.807) is 6.92 Å². The molecule has 1 fully saturated rings. The number of Topliss-reactive ketones (excluding diaryl/α,β-unsaturated/α-hetero) is 1. The van der Waals surface area contributed by atoms with Crippen molar-refractivity contribution in [3.63, 3.8) is 0 Å². The fraction of sp³-hybridized carbons (Fsp3) is 0.846. The summed E-state index contributed by atoms with van der Waals surface area (Å²) in [5, 5.41) is 0. The first kappa shape index (κ1) is 14.2. The summed E-state index contributed by atoms with van der Waals surface area (Å²) in [6.45, 7) is 5.15. The molecule has 1 heterocycles. The normalized spacial score (nSPS) is 20.4. The van der Waals surface area contributed by atoms with Crippen molar-refractivity contribution < 1.29 is 14.3 Å². The van der Waals surface area contributed by atoms with E-state index in [0.29, 0.717) is 13.0 Å². The average molecular weight is 241 g/mol. The molecule has 0 aromatic heterocycles. The maximum absolute atomic E-state index is 12.0. The number of nitrogens with zero attached hydrogens (tertiary/aromatic N) is 1. The highest BCUT2D eigenvalue weighted by Gasteiger charge is 2.27. The third-order valence-corrected chi connectivity index (χ3v) is 3.04. The number of ketones is 1. The zero-order valence-corrected chi connectivity index (χ0v) is 10.9. The van der Waals surface area contributed by atoms with Gasteiger partial charge in [0.25, 0.3) is 0 Å². The van der Waals surface area contributed by atoms with Crippen molar-refractivity contribution >= 4 is 11.7 Å². The minimum Gasteiger partial charge on any atom is -0.372 e. The molecule has 0 aliphatic carbocycles. The SMILES string of the molecule is CCCOCC(=O)N1CCCCC1CC(C)=O. The molecular weight excluding hydrogens is 218 g/mol. The molecule has 0 saturated carbocycles. The van der Waals surface area contributed by atoms with Crippen LogP contribution in [0.2, 0.25) is 0 Å². The van der Waals surface area contributed by atoms with E-state index in [-0.39, 0.29) is 24.3 Å². The maximum Gasteiger partial charge on any atom is 0.248 e. The number of amides is 1. The number of hydrogen-bond donors (Lipinski definition) is 0. The zero-order chi connectivity index (χ0) is 12.7. The van der Waals surface area contributed by atoms with E-state index >= 15 is 0 Å². The second kappa shape index (κ2) is 7.43. The van der Waals surface area contributed by atoms with Gasteiger partial charge in [-0.05, 0) is 32.6 Å². The molecule has 0 aromatic carbocycles. The standard InChI is InChI=1S/C13H23NO3/c1-3-8-17-10-13(16)14-7-5-4-6-12(14)9-11(2)15/h12H,3-10H2,1-2H3. The lowest BCUT2D eigenvalue weighted by Gasteiger charge is -2.35. The lowest BCUT2D eigenvalue weighted by molar-refractivity contribution is -0.140. The molecule has 1 amide bonds. The number of carbonyl (C=O) groups is 2. The van der Waals surface area contributed by atoms with Crippen LogP contribution in [0.3, 0.4) is 0 Å². The molecule has 1 atom stereocenters. The van der Waals surface area contributed by atoms with Crippen molar-refractivity contribution in [3.05, 3.63) is 0 Å². The van der Waals surface area contributed by atoms with Crippen LogP contribution < -0.4 is 0 Å². The fourth-order valence-corrected chi connectivity index (χ4v) is 2.26. The monoisotopic (exact) mass is 241 g/mol. The maximum atomic E-state index is 12.0. The molecule has 1 saturated heterocycles. The van der Waals surface area contributed by atoms with Crippen molar-refractivity contribution in [1.82, 2.24) is 4.90 Å². The zero-order valence-electron chi connectivity index (χ0n) is 10.9. The van der Waals surface area contributed by atoms with Gasteiger partial charge in [-0.25, -0.2) is 0 Å². The second-order valence-corrected chi connectivity index (χ2v) is 4.70. The number of piperidine rings is 1. The van der Waals surface area contributed by atoms with Crippen molar-refractivity contribution in [1.29, 1.82) is 0 Å². The van der Waals surface area contributed by atoms with Crippen molar-refractivity contribution in [3.8, 4) is 0 Å². The molecule has 0 radical (unpaired) electrons. The van der Waals surface area contributed by atoms with Gasteiger partial charge in [0.2, 0.25) is 5.91 Å². The second-order valence-electron chi connectivity index (χ2n) is 4.70. The third-order valence-electron chi connectivity index (χ3n) is 3.04. The van der Waals surface area contributed by atoms with Crippen molar-refractivity contribution in [2.45, 2.75) is 52.0 Å². The van der Waals surface area contributed by atoms with Crippen LogP contribution in [-0.4, -0.2) is 42.4 Å². The number of likely N-dealkylation sites (tertiary alicyclic amines) is 1. The van der Waals surface area contributed by atoms with Gasteiger partial charge >= 0.3 is 0 Å². The summed E-state index contributed by atoms with van der Waals surface area (Å²) in [4.78, 5) is 25.0. The smallest absolute Gasteiger partial charge is 0.248 e. The average Bonchev–Trinajstić information content (AvgIpc) is 2.29. The highest BCUT2D eigenvalue weighted by atomic mass is 16.5. The Bertz CT molecular complexity index is 265. The van der Waals surface area contributed by atoms with Gasteiger partial charge in [0.1, 0.15) is 12.4 Å². The summed E-state index contributed by atoms with van der Waals surface area (Å²) in [6.07, 6.45) is 4.49. The highest BCUT2D eigenvalue weighted by Crippen LogP contribution is 2.20. The van der Waals surface area contributed by atoms with E-state index in [0.717, 1.165) is 32.2 Å². The Morgan fingerprint density at radius 3 is 2.76 bits per heavy atom. The molecule has 0 bridgehead atoms. The summed E-state index contributed by atoms with van der Waals surface area (Å²) in [7, 11) is 0. The Balaban J connectivity index is 2.45. The predicted octanol–water partition coefficient (Wildman–Crippen LogP) is 1.77. The summed E-state index contributed by atoms with van der Waals surface area (Å²) >= 11 is 0. The Hall–Kier alpha value is -0.900. The van der Waals surface area contributed by atoms with Crippen LogP contribution in [-0.2, 0) is 14.3 Å². The van der Waals surface area contributed by atoms with Gasteiger partial charge in [-0.1, -0.05) is 6.92 Å². The lowest BCUT2D eigenvalue weighted by Crippen LogP contribution is -2.46. The summed E-state index contributed by atoms with van der Waals surface area (Å²) in [5.74, 6) is 0.188. The first-order chi connectivity index (χ1) is 8.15. The van der Waals surface area contributed by atoms with Gasteiger partial charge in [-0.2, -0.15) is 0 Å². The van der Waals surface area contributed by atoms with Crippen LogP contribution in [0.25, 0.3) is 0 Å². The molecule has 17 heavy (non-hydrogen) atoms. The minimum atomic E-state index is 0.0319. The molecule has 4 heteroatoms. The molecule has 4 nitrogen and oxygen atoms in total. The predicted molar refractivity (Wildman–Crippen MR) is 65.8 cm³/mol. The summed E-state index contributed by atoms with van der Waals surface area (Å²) in [6, 6.07) is 0.0963. The van der Waals surface area contributed by atoms with Gasteiger partial charge in [0.05, 0.1) is 0 Å².